The zero-order valence-electron chi connectivity index (χ0n) is 11.1. The highest BCUT2D eigenvalue weighted by atomic mass is 16.7. The second kappa shape index (κ2) is 5.95. The molecule has 0 aliphatic carbocycles. The molecule has 5 heteroatoms. The molecule has 104 valence electrons. The molecule has 20 heavy (non-hydrogen) atoms. The van der Waals surface area contributed by atoms with Crippen molar-refractivity contribution in [3.8, 4) is 11.8 Å². The second-order valence-corrected chi connectivity index (χ2v) is 4.66. The molecule has 1 aromatic heterocycles. The Hall–Kier alpha value is -2.03. The SMILES string of the molecule is N#CCc1c[nH]c2ccc(OCCC3OCCO3)cc12. The summed E-state index contributed by atoms with van der Waals surface area (Å²) in [4.78, 5) is 3.15. The number of hydrogen-bond donors (Lipinski definition) is 1. The van der Waals surface area contributed by atoms with Crippen LogP contribution in [0.4, 0.5) is 0 Å². The van der Waals surface area contributed by atoms with E-state index in [-0.39, 0.29) is 6.29 Å². The van der Waals surface area contributed by atoms with Gasteiger partial charge in [-0.2, -0.15) is 5.26 Å². The second-order valence-electron chi connectivity index (χ2n) is 4.66. The maximum Gasteiger partial charge on any atom is 0.161 e. The van der Waals surface area contributed by atoms with Crippen LogP contribution in [0.2, 0.25) is 0 Å². The number of rotatable bonds is 5. The summed E-state index contributed by atoms with van der Waals surface area (Å²) in [6.07, 6.45) is 2.85. The highest BCUT2D eigenvalue weighted by molar-refractivity contribution is 5.84. The van der Waals surface area contributed by atoms with Crippen LogP contribution in [-0.2, 0) is 15.9 Å². The van der Waals surface area contributed by atoms with E-state index in [1.54, 1.807) is 0 Å². The van der Waals surface area contributed by atoms with Crippen LogP contribution in [0.3, 0.4) is 0 Å². The fourth-order valence-corrected chi connectivity index (χ4v) is 2.33. The standard InChI is InChI=1S/C15H16N2O3/c16-5-3-11-10-17-14-2-1-12(9-13(11)14)18-6-4-15-19-7-8-20-15/h1-2,9-10,15,17H,3-4,6-8H2. The summed E-state index contributed by atoms with van der Waals surface area (Å²) in [5, 5.41) is 9.85. The summed E-state index contributed by atoms with van der Waals surface area (Å²) in [5.74, 6) is 0.800. The van der Waals surface area contributed by atoms with E-state index >= 15 is 0 Å². The molecule has 0 amide bonds. The van der Waals surface area contributed by atoms with Gasteiger partial charge < -0.3 is 19.2 Å². The van der Waals surface area contributed by atoms with Gasteiger partial charge in [-0.1, -0.05) is 0 Å². The van der Waals surface area contributed by atoms with Crippen molar-refractivity contribution >= 4 is 10.9 Å². The molecule has 2 aromatic rings. The lowest BCUT2D eigenvalue weighted by Gasteiger charge is -2.10. The van der Waals surface area contributed by atoms with E-state index < -0.39 is 0 Å². The van der Waals surface area contributed by atoms with Crippen molar-refractivity contribution in [2.45, 2.75) is 19.1 Å². The van der Waals surface area contributed by atoms with Crippen molar-refractivity contribution in [3.05, 3.63) is 30.0 Å². The minimum absolute atomic E-state index is 0.139. The summed E-state index contributed by atoms with van der Waals surface area (Å²) in [6.45, 7) is 1.88. The minimum atomic E-state index is -0.139. The fraction of sp³-hybridized carbons (Fsp3) is 0.400. The van der Waals surface area contributed by atoms with E-state index in [9.17, 15) is 0 Å². The Labute approximate surface area is 117 Å². The lowest BCUT2D eigenvalue weighted by molar-refractivity contribution is -0.0531. The smallest absolute Gasteiger partial charge is 0.161 e. The number of aromatic amines is 1. The van der Waals surface area contributed by atoms with Crippen LogP contribution in [0.1, 0.15) is 12.0 Å². The molecule has 2 heterocycles. The van der Waals surface area contributed by atoms with Gasteiger partial charge in [-0.05, 0) is 23.8 Å². The highest BCUT2D eigenvalue weighted by Gasteiger charge is 2.15. The van der Waals surface area contributed by atoms with Crippen LogP contribution in [0.25, 0.3) is 10.9 Å². The van der Waals surface area contributed by atoms with E-state index in [2.05, 4.69) is 11.1 Å². The minimum Gasteiger partial charge on any atom is -0.493 e. The van der Waals surface area contributed by atoms with Crippen molar-refractivity contribution < 1.29 is 14.2 Å². The van der Waals surface area contributed by atoms with Gasteiger partial charge in [-0.15, -0.1) is 0 Å². The van der Waals surface area contributed by atoms with Crippen molar-refractivity contribution in [3.63, 3.8) is 0 Å². The Morgan fingerprint density at radius 1 is 1.35 bits per heavy atom. The number of benzene rings is 1. The van der Waals surface area contributed by atoms with Gasteiger partial charge in [0.25, 0.3) is 0 Å². The third kappa shape index (κ3) is 2.77. The fourth-order valence-electron chi connectivity index (χ4n) is 2.33. The molecule has 1 saturated heterocycles. The highest BCUT2D eigenvalue weighted by Crippen LogP contribution is 2.24. The van der Waals surface area contributed by atoms with E-state index in [0.29, 0.717) is 26.2 Å². The van der Waals surface area contributed by atoms with Gasteiger partial charge in [0.1, 0.15) is 5.75 Å². The van der Waals surface area contributed by atoms with Crippen molar-refractivity contribution in [1.82, 2.24) is 4.98 Å². The molecule has 0 atom stereocenters. The van der Waals surface area contributed by atoms with Gasteiger partial charge >= 0.3 is 0 Å². The summed E-state index contributed by atoms with van der Waals surface area (Å²) in [5.41, 5.74) is 2.01. The van der Waals surface area contributed by atoms with Crippen LogP contribution in [0, 0.1) is 11.3 Å². The normalized spacial score (nSPS) is 15.6. The third-order valence-electron chi connectivity index (χ3n) is 3.32. The Kier molecular flexibility index (Phi) is 3.86. The lowest BCUT2D eigenvalue weighted by atomic mass is 10.1. The zero-order valence-corrected chi connectivity index (χ0v) is 11.1. The molecule has 1 aliphatic heterocycles. The molecule has 1 aromatic carbocycles. The first-order chi connectivity index (χ1) is 9.86. The van der Waals surface area contributed by atoms with Gasteiger partial charge in [0.15, 0.2) is 6.29 Å². The van der Waals surface area contributed by atoms with E-state index in [1.807, 2.05) is 24.4 Å². The Balaban J connectivity index is 1.65. The number of fused-ring (bicyclic) bond motifs is 1. The quantitative estimate of drug-likeness (QED) is 0.907. The number of aromatic nitrogens is 1. The molecular weight excluding hydrogens is 256 g/mol. The van der Waals surface area contributed by atoms with Gasteiger partial charge in [-0.25, -0.2) is 0 Å². The first-order valence-electron chi connectivity index (χ1n) is 6.70. The Morgan fingerprint density at radius 3 is 3.00 bits per heavy atom. The molecular formula is C15H16N2O3. The first-order valence-corrected chi connectivity index (χ1v) is 6.70. The Morgan fingerprint density at radius 2 is 2.20 bits per heavy atom. The molecule has 3 rings (SSSR count). The summed E-state index contributed by atoms with van der Waals surface area (Å²) in [6, 6.07) is 8.02. The number of H-pyrrole nitrogens is 1. The number of nitriles is 1. The predicted octanol–water partition coefficient (Wildman–Crippen LogP) is 2.38. The number of hydrogen-bond acceptors (Lipinski definition) is 4. The van der Waals surface area contributed by atoms with Gasteiger partial charge in [0.05, 0.1) is 32.3 Å². The molecule has 1 fully saturated rings. The van der Waals surface area contributed by atoms with Crippen LogP contribution >= 0.6 is 0 Å². The molecule has 1 aliphatic rings. The maximum atomic E-state index is 8.81. The average molecular weight is 272 g/mol. The van der Waals surface area contributed by atoms with Crippen LogP contribution in [0.5, 0.6) is 5.75 Å². The van der Waals surface area contributed by atoms with Crippen molar-refractivity contribution in [1.29, 1.82) is 5.26 Å². The molecule has 1 N–H and O–H groups in total. The largest absolute Gasteiger partial charge is 0.493 e. The third-order valence-corrected chi connectivity index (χ3v) is 3.32. The zero-order chi connectivity index (χ0) is 13.8. The lowest BCUT2D eigenvalue weighted by Crippen LogP contribution is -2.12. The van der Waals surface area contributed by atoms with E-state index in [4.69, 9.17) is 19.5 Å². The maximum absolute atomic E-state index is 8.81. The molecule has 0 bridgehead atoms. The van der Waals surface area contributed by atoms with Crippen molar-refractivity contribution in [2.75, 3.05) is 19.8 Å². The number of nitrogens with one attached hydrogen (secondary N) is 1. The first kappa shape index (κ1) is 13.0. The van der Waals surface area contributed by atoms with Gasteiger partial charge in [-0.3, -0.25) is 0 Å². The van der Waals surface area contributed by atoms with Gasteiger partial charge in [0, 0.05) is 23.5 Å². The molecule has 0 unspecified atom stereocenters. The van der Waals surface area contributed by atoms with Crippen LogP contribution < -0.4 is 4.74 Å². The molecule has 0 radical (unpaired) electrons. The molecule has 5 nitrogen and oxygen atoms in total. The number of nitrogens with zero attached hydrogens (tertiary/aromatic N) is 1. The summed E-state index contributed by atoms with van der Waals surface area (Å²) >= 11 is 0. The van der Waals surface area contributed by atoms with Crippen molar-refractivity contribution in [2.24, 2.45) is 0 Å². The van der Waals surface area contributed by atoms with Crippen LogP contribution in [-0.4, -0.2) is 31.1 Å². The number of ether oxygens (including phenoxy) is 3. The molecule has 0 saturated carbocycles. The average Bonchev–Trinajstić information content (AvgIpc) is 3.10. The summed E-state index contributed by atoms with van der Waals surface area (Å²) in [7, 11) is 0. The van der Waals surface area contributed by atoms with E-state index in [0.717, 1.165) is 28.6 Å². The van der Waals surface area contributed by atoms with Crippen LogP contribution in [0.15, 0.2) is 24.4 Å². The topological polar surface area (TPSA) is 67.3 Å². The van der Waals surface area contributed by atoms with E-state index in [1.165, 1.54) is 0 Å². The summed E-state index contributed by atoms with van der Waals surface area (Å²) < 4.78 is 16.4. The monoisotopic (exact) mass is 272 g/mol. The molecule has 0 spiro atoms. The predicted molar refractivity (Wildman–Crippen MR) is 73.4 cm³/mol. The Bertz CT molecular complexity index is 624. The van der Waals surface area contributed by atoms with Gasteiger partial charge in [0.2, 0.25) is 0 Å².